The first-order chi connectivity index (χ1) is 8.90. The van der Waals surface area contributed by atoms with Gasteiger partial charge in [0.05, 0.1) is 0 Å². The summed E-state index contributed by atoms with van der Waals surface area (Å²) in [5.41, 5.74) is 0.0195. The van der Waals surface area contributed by atoms with Crippen LogP contribution < -0.4 is 10.1 Å². The Kier molecular flexibility index (Phi) is 5.82. The van der Waals surface area contributed by atoms with E-state index in [0.29, 0.717) is 16.9 Å². The van der Waals surface area contributed by atoms with Crippen molar-refractivity contribution in [3.8, 4) is 5.75 Å². The molecule has 5 nitrogen and oxygen atoms in total. The Balaban J connectivity index is 2.62. The van der Waals surface area contributed by atoms with E-state index in [2.05, 4.69) is 21.2 Å². The number of hydrogen-bond donors (Lipinski definition) is 2. The van der Waals surface area contributed by atoms with E-state index in [4.69, 9.17) is 9.84 Å². The Morgan fingerprint density at radius 1 is 1.42 bits per heavy atom. The average molecular weight is 330 g/mol. The van der Waals surface area contributed by atoms with Crippen LogP contribution in [0.2, 0.25) is 0 Å². The van der Waals surface area contributed by atoms with Gasteiger partial charge < -0.3 is 15.2 Å². The average Bonchev–Trinajstić information content (AvgIpc) is 2.34. The van der Waals surface area contributed by atoms with Crippen LogP contribution >= 0.6 is 15.9 Å². The SMILES string of the molecule is CC(C)CNC(=O)COc1ccc(Br)cc1C(=O)O. The third-order valence-corrected chi connectivity index (χ3v) is 2.73. The lowest BCUT2D eigenvalue weighted by Gasteiger charge is -2.11. The topological polar surface area (TPSA) is 75.6 Å². The number of carboxylic acids is 1. The van der Waals surface area contributed by atoms with Gasteiger partial charge in [0.25, 0.3) is 5.91 Å². The van der Waals surface area contributed by atoms with E-state index in [1.807, 2.05) is 13.8 Å². The predicted octanol–water partition coefficient (Wildman–Crippen LogP) is 2.30. The van der Waals surface area contributed by atoms with Crippen LogP contribution in [-0.4, -0.2) is 30.1 Å². The Bertz CT molecular complexity index is 474. The highest BCUT2D eigenvalue weighted by molar-refractivity contribution is 9.10. The standard InChI is InChI=1S/C13H16BrNO4/c1-8(2)6-15-12(16)7-19-11-4-3-9(14)5-10(11)13(17)18/h3-5,8H,6-7H2,1-2H3,(H,15,16)(H,17,18). The molecule has 1 aromatic rings. The molecule has 2 N–H and O–H groups in total. The molecular weight excluding hydrogens is 314 g/mol. The number of benzene rings is 1. The van der Waals surface area contributed by atoms with Gasteiger partial charge in [-0.2, -0.15) is 0 Å². The van der Waals surface area contributed by atoms with E-state index in [-0.39, 0.29) is 23.8 Å². The van der Waals surface area contributed by atoms with Gasteiger partial charge in [0.2, 0.25) is 0 Å². The minimum atomic E-state index is -1.10. The lowest BCUT2D eigenvalue weighted by molar-refractivity contribution is -0.123. The molecule has 0 spiro atoms. The van der Waals surface area contributed by atoms with E-state index in [0.717, 1.165) is 0 Å². The highest BCUT2D eigenvalue weighted by Gasteiger charge is 2.13. The lowest BCUT2D eigenvalue weighted by atomic mass is 10.2. The van der Waals surface area contributed by atoms with Gasteiger partial charge in [-0.15, -0.1) is 0 Å². The van der Waals surface area contributed by atoms with Crippen LogP contribution in [0.25, 0.3) is 0 Å². The van der Waals surface area contributed by atoms with Gasteiger partial charge in [0.1, 0.15) is 11.3 Å². The van der Waals surface area contributed by atoms with Crippen molar-refractivity contribution in [2.75, 3.05) is 13.2 Å². The van der Waals surface area contributed by atoms with Crippen molar-refractivity contribution >= 4 is 27.8 Å². The van der Waals surface area contributed by atoms with Gasteiger partial charge in [-0.05, 0) is 24.1 Å². The third kappa shape index (κ3) is 5.30. The first kappa shape index (κ1) is 15.5. The number of amides is 1. The van der Waals surface area contributed by atoms with E-state index in [9.17, 15) is 9.59 Å². The molecule has 0 heterocycles. The van der Waals surface area contributed by atoms with E-state index in [1.54, 1.807) is 6.07 Å². The minimum absolute atomic E-state index is 0.0195. The molecule has 1 amide bonds. The smallest absolute Gasteiger partial charge is 0.339 e. The van der Waals surface area contributed by atoms with Crippen LogP contribution in [0.3, 0.4) is 0 Å². The van der Waals surface area contributed by atoms with Crippen LogP contribution in [-0.2, 0) is 4.79 Å². The molecule has 0 aliphatic heterocycles. The zero-order valence-electron chi connectivity index (χ0n) is 10.8. The molecule has 0 saturated heterocycles. The van der Waals surface area contributed by atoms with Crippen LogP contribution in [0.4, 0.5) is 0 Å². The Morgan fingerprint density at radius 3 is 2.68 bits per heavy atom. The number of halogens is 1. The van der Waals surface area contributed by atoms with Crippen molar-refractivity contribution < 1.29 is 19.4 Å². The van der Waals surface area contributed by atoms with Gasteiger partial charge in [0.15, 0.2) is 6.61 Å². The summed E-state index contributed by atoms with van der Waals surface area (Å²) >= 11 is 3.19. The molecule has 0 aliphatic rings. The second-order valence-corrected chi connectivity index (χ2v) is 5.35. The molecule has 0 radical (unpaired) electrons. The fourth-order valence-electron chi connectivity index (χ4n) is 1.31. The number of rotatable bonds is 6. The summed E-state index contributed by atoms with van der Waals surface area (Å²) < 4.78 is 5.87. The maximum Gasteiger partial charge on any atom is 0.339 e. The van der Waals surface area contributed by atoms with Gasteiger partial charge in [0, 0.05) is 11.0 Å². The van der Waals surface area contributed by atoms with Crippen molar-refractivity contribution in [3.63, 3.8) is 0 Å². The highest BCUT2D eigenvalue weighted by Crippen LogP contribution is 2.23. The normalized spacial score (nSPS) is 10.3. The number of aromatic carboxylic acids is 1. The Hall–Kier alpha value is -1.56. The van der Waals surface area contributed by atoms with Crippen LogP contribution in [0.1, 0.15) is 24.2 Å². The minimum Gasteiger partial charge on any atom is -0.483 e. The number of nitrogens with one attached hydrogen (secondary N) is 1. The molecule has 1 aromatic carbocycles. The molecule has 0 unspecified atom stereocenters. The Labute approximate surface area is 120 Å². The molecule has 0 aromatic heterocycles. The molecule has 0 aliphatic carbocycles. The lowest BCUT2D eigenvalue weighted by Crippen LogP contribution is -2.31. The van der Waals surface area contributed by atoms with Crippen LogP contribution in [0.5, 0.6) is 5.75 Å². The van der Waals surface area contributed by atoms with Crippen molar-refractivity contribution in [1.82, 2.24) is 5.32 Å². The monoisotopic (exact) mass is 329 g/mol. The van der Waals surface area contributed by atoms with Gasteiger partial charge in [-0.25, -0.2) is 4.79 Å². The largest absolute Gasteiger partial charge is 0.483 e. The molecule has 1 rings (SSSR count). The quantitative estimate of drug-likeness (QED) is 0.839. The number of carbonyl (C=O) groups is 2. The van der Waals surface area contributed by atoms with E-state index in [1.165, 1.54) is 12.1 Å². The predicted molar refractivity (Wildman–Crippen MR) is 74.4 cm³/mol. The Morgan fingerprint density at radius 2 is 2.11 bits per heavy atom. The second-order valence-electron chi connectivity index (χ2n) is 4.43. The molecule has 6 heteroatoms. The molecule has 0 saturated carbocycles. The zero-order chi connectivity index (χ0) is 14.4. The molecule has 0 atom stereocenters. The van der Waals surface area contributed by atoms with Crippen molar-refractivity contribution in [2.45, 2.75) is 13.8 Å². The summed E-state index contributed by atoms with van der Waals surface area (Å²) in [6, 6.07) is 4.61. The fourth-order valence-corrected chi connectivity index (χ4v) is 1.67. The number of carboxylic acid groups (broad SMARTS) is 1. The maximum absolute atomic E-state index is 11.5. The van der Waals surface area contributed by atoms with Gasteiger partial charge in [-0.3, -0.25) is 4.79 Å². The number of ether oxygens (including phenoxy) is 1. The molecule has 19 heavy (non-hydrogen) atoms. The molecule has 0 fully saturated rings. The summed E-state index contributed by atoms with van der Waals surface area (Å²) in [6.07, 6.45) is 0. The maximum atomic E-state index is 11.5. The summed E-state index contributed by atoms with van der Waals surface area (Å²) in [5.74, 6) is -0.839. The molecule has 104 valence electrons. The van der Waals surface area contributed by atoms with Crippen molar-refractivity contribution in [1.29, 1.82) is 0 Å². The summed E-state index contributed by atoms with van der Waals surface area (Å²) in [6.45, 7) is 4.33. The molecule has 0 bridgehead atoms. The van der Waals surface area contributed by atoms with Crippen molar-refractivity contribution in [3.05, 3.63) is 28.2 Å². The van der Waals surface area contributed by atoms with Crippen LogP contribution in [0, 0.1) is 5.92 Å². The summed E-state index contributed by atoms with van der Waals surface area (Å²) in [7, 11) is 0. The third-order valence-electron chi connectivity index (χ3n) is 2.24. The van der Waals surface area contributed by atoms with Crippen LogP contribution in [0.15, 0.2) is 22.7 Å². The van der Waals surface area contributed by atoms with E-state index >= 15 is 0 Å². The zero-order valence-corrected chi connectivity index (χ0v) is 12.4. The number of hydrogen-bond acceptors (Lipinski definition) is 3. The van der Waals surface area contributed by atoms with E-state index < -0.39 is 5.97 Å². The molecular formula is C13H16BrNO4. The van der Waals surface area contributed by atoms with Crippen molar-refractivity contribution in [2.24, 2.45) is 5.92 Å². The first-order valence-electron chi connectivity index (χ1n) is 5.82. The number of carbonyl (C=O) groups excluding carboxylic acids is 1. The summed E-state index contributed by atoms with van der Waals surface area (Å²) in [4.78, 5) is 22.5. The highest BCUT2D eigenvalue weighted by atomic mass is 79.9. The van der Waals surface area contributed by atoms with Gasteiger partial charge >= 0.3 is 5.97 Å². The summed E-state index contributed by atoms with van der Waals surface area (Å²) in [5, 5.41) is 11.7. The second kappa shape index (κ2) is 7.13. The first-order valence-corrected chi connectivity index (χ1v) is 6.61. The van der Waals surface area contributed by atoms with Gasteiger partial charge in [-0.1, -0.05) is 29.8 Å². The fraction of sp³-hybridized carbons (Fsp3) is 0.385.